The summed E-state index contributed by atoms with van der Waals surface area (Å²) in [5.74, 6) is 0.573. The van der Waals surface area contributed by atoms with Crippen LogP contribution in [0.5, 0.6) is 5.75 Å². The first-order valence-corrected chi connectivity index (χ1v) is 8.80. The highest BCUT2D eigenvalue weighted by atomic mass is 19.1. The molecule has 25 heavy (non-hydrogen) atoms. The molecule has 0 spiro atoms. The molecule has 0 saturated carbocycles. The molecule has 1 amide bonds. The maximum atomic E-state index is 13.7. The Morgan fingerprint density at radius 3 is 2.96 bits per heavy atom. The maximum Gasteiger partial charge on any atom is 0.224 e. The van der Waals surface area contributed by atoms with Gasteiger partial charge in [-0.25, -0.2) is 4.39 Å². The van der Waals surface area contributed by atoms with E-state index in [1.165, 1.54) is 6.07 Å². The minimum Gasteiger partial charge on any atom is -0.493 e. The molecular weight excluding hydrogens is 319 g/mol. The van der Waals surface area contributed by atoms with Crippen molar-refractivity contribution in [3.05, 3.63) is 53.3 Å². The largest absolute Gasteiger partial charge is 0.493 e. The third-order valence-corrected chi connectivity index (χ3v) is 4.81. The van der Waals surface area contributed by atoms with Gasteiger partial charge in [0.15, 0.2) is 0 Å². The molecule has 1 unspecified atom stereocenters. The molecular formula is C20H21FN2O2. The Balaban J connectivity index is 1.61. The SMILES string of the molecule is O=C1CCCc2cc(NC3CCCOc4ccc(F)cc43)ccc2N1. The molecule has 5 heteroatoms. The molecule has 2 N–H and O–H groups in total. The lowest BCUT2D eigenvalue weighted by Crippen LogP contribution is -2.12. The van der Waals surface area contributed by atoms with E-state index in [0.29, 0.717) is 13.0 Å². The van der Waals surface area contributed by atoms with Crippen molar-refractivity contribution in [2.75, 3.05) is 17.2 Å². The van der Waals surface area contributed by atoms with Crippen LogP contribution in [-0.2, 0) is 11.2 Å². The van der Waals surface area contributed by atoms with Crippen molar-refractivity contribution in [3.8, 4) is 5.75 Å². The van der Waals surface area contributed by atoms with Crippen LogP contribution < -0.4 is 15.4 Å². The number of carbonyl (C=O) groups is 1. The summed E-state index contributed by atoms with van der Waals surface area (Å²) in [7, 11) is 0. The van der Waals surface area contributed by atoms with Gasteiger partial charge < -0.3 is 15.4 Å². The molecule has 1 atom stereocenters. The van der Waals surface area contributed by atoms with Crippen molar-refractivity contribution in [2.45, 2.75) is 38.1 Å². The normalized spacial score (nSPS) is 19.6. The molecule has 2 aromatic carbocycles. The van der Waals surface area contributed by atoms with Crippen LogP contribution in [0.3, 0.4) is 0 Å². The van der Waals surface area contributed by atoms with Gasteiger partial charge in [0.05, 0.1) is 12.6 Å². The smallest absolute Gasteiger partial charge is 0.224 e. The minimum atomic E-state index is -0.249. The highest BCUT2D eigenvalue weighted by molar-refractivity contribution is 5.92. The van der Waals surface area contributed by atoms with Gasteiger partial charge in [0.1, 0.15) is 11.6 Å². The molecule has 0 bridgehead atoms. The first-order chi connectivity index (χ1) is 12.2. The zero-order valence-electron chi connectivity index (χ0n) is 14.0. The molecule has 2 aliphatic rings. The molecule has 0 fully saturated rings. The van der Waals surface area contributed by atoms with Crippen molar-refractivity contribution in [2.24, 2.45) is 0 Å². The molecule has 0 aliphatic carbocycles. The zero-order valence-corrected chi connectivity index (χ0v) is 14.0. The number of anilines is 2. The first kappa shape index (κ1) is 15.9. The summed E-state index contributed by atoms with van der Waals surface area (Å²) in [6.07, 6.45) is 4.08. The number of benzene rings is 2. The monoisotopic (exact) mass is 340 g/mol. The third kappa shape index (κ3) is 3.45. The maximum absolute atomic E-state index is 13.7. The Morgan fingerprint density at radius 1 is 1.12 bits per heavy atom. The van der Waals surface area contributed by atoms with Crippen molar-refractivity contribution in [3.63, 3.8) is 0 Å². The van der Waals surface area contributed by atoms with Gasteiger partial charge in [0.25, 0.3) is 0 Å². The highest BCUT2D eigenvalue weighted by Gasteiger charge is 2.21. The second kappa shape index (κ2) is 6.75. The Hall–Kier alpha value is -2.56. The lowest BCUT2D eigenvalue weighted by Gasteiger charge is -2.21. The predicted octanol–water partition coefficient (Wildman–Crippen LogP) is 4.43. The lowest BCUT2D eigenvalue weighted by molar-refractivity contribution is -0.116. The molecule has 2 aliphatic heterocycles. The summed E-state index contributed by atoms with van der Waals surface area (Å²) in [6, 6.07) is 10.7. The minimum absolute atomic E-state index is 0.00613. The average molecular weight is 340 g/mol. The Bertz CT molecular complexity index is 806. The third-order valence-electron chi connectivity index (χ3n) is 4.81. The van der Waals surface area contributed by atoms with Gasteiger partial charge in [-0.15, -0.1) is 0 Å². The van der Waals surface area contributed by atoms with Gasteiger partial charge in [-0.3, -0.25) is 4.79 Å². The van der Waals surface area contributed by atoms with E-state index in [9.17, 15) is 9.18 Å². The second-order valence-corrected chi connectivity index (χ2v) is 6.64. The van der Waals surface area contributed by atoms with Gasteiger partial charge in [-0.1, -0.05) is 0 Å². The van der Waals surface area contributed by atoms with Crippen LogP contribution >= 0.6 is 0 Å². The molecule has 4 rings (SSSR count). The van der Waals surface area contributed by atoms with E-state index in [1.807, 2.05) is 12.1 Å². The van der Waals surface area contributed by atoms with Crippen LogP contribution in [0.25, 0.3) is 0 Å². The van der Waals surface area contributed by atoms with Crippen molar-refractivity contribution in [1.82, 2.24) is 0 Å². The van der Waals surface area contributed by atoms with E-state index in [-0.39, 0.29) is 17.8 Å². The fraction of sp³-hybridized carbons (Fsp3) is 0.350. The van der Waals surface area contributed by atoms with Crippen molar-refractivity contribution >= 4 is 17.3 Å². The second-order valence-electron chi connectivity index (χ2n) is 6.64. The Labute approximate surface area is 146 Å². The number of nitrogens with one attached hydrogen (secondary N) is 2. The first-order valence-electron chi connectivity index (χ1n) is 8.80. The highest BCUT2D eigenvalue weighted by Crippen LogP contribution is 2.35. The fourth-order valence-electron chi connectivity index (χ4n) is 3.56. The number of carbonyl (C=O) groups excluding carboxylic acids is 1. The Kier molecular flexibility index (Phi) is 4.30. The van der Waals surface area contributed by atoms with Crippen LogP contribution in [-0.4, -0.2) is 12.5 Å². The molecule has 2 heterocycles. The topological polar surface area (TPSA) is 50.4 Å². The van der Waals surface area contributed by atoms with Crippen LogP contribution in [0.15, 0.2) is 36.4 Å². The molecule has 0 saturated heterocycles. The average Bonchev–Trinajstić information content (AvgIpc) is 2.90. The van der Waals surface area contributed by atoms with Crippen molar-refractivity contribution in [1.29, 1.82) is 0 Å². The number of hydrogen-bond donors (Lipinski definition) is 2. The number of aryl methyl sites for hydroxylation is 1. The van der Waals surface area contributed by atoms with Crippen LogP contribution in [0.2, 0.25) is 0 Å². The summed E-state index contributed by atoms with van der Waals surface area (Å²) in [5, 5.41) is 6.48. The van der Waals surface area contributed by atoms with E-state index in [2.05, 4.69) is 16.7 Å². The van der Waals surface area contributed by atoms with E-state index in [0.717, 1.165) is 53.9 Å². The van der Waals surface area contributed by atoms with E-state index >= 15 is 0 Å². The molecule has 130 valence electrons. The molecule has 0 radical (unpaired) electrons. The molecule has 2 aromatic rings. The van der Waals surface area contributed by atoms with E-state index in [1.54, 1.807) is 12.1 Å². The van der Waals surface area contributed by atoms with E-state index in [4.69, 9.17) is 4.74 Å². The van der Waals surface area contributed by atoms with Gasteiger partial charge in [-0.2, -0.15) is 0 Å². The molecule has 4 nitrogen and oxygen atoms in total. The summed E-state index contributed by atoms with van der Waals surface area (Å²) < 4.78 is 19.5. The quantitative estimate of drug-likeness (QED) is 0.850. The van der Waals surface area contributed by atoms with Crippen LogP contribution in [0.4, 0.5) is 15.8 Å². The fourth-order valence-corrected chi connectivity index (χ4v) is 3.56. The van der Waals surface area contributed by atoms with Crippen LogP contribution in [0.1, 0.15) is 42.9 Å². The van der Waals surface area contributed by atoms with Crippen molar-refractivity contribution < 1.29 is 13.9 Å². The Morgan fingerprint density at radius 2 is 2.04 bits per heavy atom. The van der Waals surface area contributed by atoms with Gasteiger partial charge >= 0.3 is 0 Å². The lowest BCUT2D eigenvalue weighted by atomic mass is 10.0. The number of rotatable bonds is 2. The van der Waals surface area contributed by atoms with Crippen LogP contribution in [0, 0.1) is 5.82 Å². The number of amides is 1. The van der Waals surface area contributed by atoms with Gasteiger partial charge in [-0.05, 0) is 67.6 Å². The number of hydrogen-bond acceptors (Lipinski definition) is 3. The zero-order chi connectivity index (χ0) is 17.2. The summed E-state index contributed by atoms with van der Waals surface area (Å²) in [5.41, 5.74) is 3.88. The van der Waals surface area contributed by atoms with E-state index < -0.39 is 0 Å². The number of halogens is 1. The van der Waals surface area contributed by atoms with Gasteiger partial charge in [0.2, 0.25) is 5.91 Å². The summed E-state index contributed by atoms with van der Waals surface area (Å²) >= 11 is 0. The standard InChI is InChI=1S/C20H21FN2O2/c21-14-6-9-19-16(12-14)18(4-2-10-25-19)22-15-7-8-17-13(11-15)3-1-5-20(24)23-17/h6-9,11-12,18,22H,1-5,10H2,(H,23,24). The summed E-state index contributed by atoms with van der Waals surface area (Å²) in [6.45, 7) is 0.646. The summed E-state index contributed by atoms with van der Waals surface area (Å²) in [4.78, 5) is 11.7. The van der Waals surface area contributed by atoms with Gasteiger partial charge in [0, 0.05) is 23.4 Å². The predicted molar refractivity (Wildman–Crippen MR) is 95.5 cm³/mol. The number of fused-ring (bicyclic) bond motifs is 2. The molecule has 0 aromatic heterocycles. The number of ether oxygens (including phenoxy) is 1.